The molecule has 1 fully saturated rings. The smallest absolute Gasteiger partial charge is 0.354 e. The summed E-state index contributed by atoms with van der Waals surface area (Å²) in [7, 11) is 0. The summed E-state index contributed by atoms with van der Waals surface area (Å²) in [6.07, 6.45) is -3.90. The van der Waals surface area contributed by atoms with Gasteiger partial charge in [-0.3, -0.25) is 9.59 Å². The summed E-state index contributed by atoms with van der Waals surface area (Å²) in [5.41, 5.74) is -2.24. The van der Waals surface area contributed by atoms with E-state index in [0.717, 1.165) is 12.1 Å². The van der Waals surface area contributed by atoms with Gasteiger partial charge in [0.2, 0.25) is 5.91 Å². The Hall–Kier alpha value is -2.12. The van der Waals surface area contributed by atoms with Gasteiger partial charge < -0.3 is 10.6 Å². The van der Waals surface area contributed by atoms with Crippen LogP contribution in [0.3, 0.4) is 0 Å². The van der Waals surface area contributed by atoms with Crippen LogP contribution in [0.4, 0.5) is 17.6 Å². The van der Waals surface area contributed by atoms with Crippen LogP contribution in [0.5, 0.6) is 0 Å². The van der Waals surface area contributed by atoms with Crippen molar-refractivity contribution in [3.63, 3.8) is 0 Å². The summed E-state index contributed by atoms with van der Waals surface area (Å²) in [5.74, 6) is -3.11. The number of carbonyl (C=O) groups is 2. The Morgan fingerprint density at radius 3 is 2.67 bits per heavy atom. The second kappa shape index (κ2) is 5.71. The summed E-state index contributed by atoms with van der Waals surface area (Å²) in [5, 5.41) is 4.76. The maximum atomic E-state index is 13.8. The Balaban J connectivity index is 2.22. The van der Waals surface area contributed by atoms with Crippen LogP contribution in [0.2, 0.25) is 0 Å². The molecule has 0 radical (unpaired) electrons. The molecular weight excluding hydrogens is 292 g/mol. The lowest BCUT2D eigenvalue weighted by Crippen LogP contribution is -2.50. The number of rotatable bonds is 2. The topological polar surface area (TPSA) is 58.2 Å². The standard InChI is InChI=1S/C13H12F4N2O2/c14-10-7(3-1-4-8(10)13(15,16)17)11(20)19-9-5-2-6-18-12(9)21/h1,3-4,9H,2,5-6H2,(H,18,21)(H,19,20). The summed E-state index contributed by atoms with van der Waals surface area (Å²) < 4.78 is 51.5. The van der Waals surface area contributed by atoms with Crippen molar-refractivity contribution >= 4 is 11.8 Å². The number of amides is 2. The monoisotopic (exact) mass is 304 g/mol. The molecule has 0 aliphatic carbocycles. The third-order valence-electron chi connectivity index (χ3n) is 3.14. The van der Waals surface area contributed by atoms with Crippen LogP contribution in [-0.4, -0.2) is 24.4 Å². The summed E-state index contributed by atoms with van der Waals surface area (Å²) >= 11 is 0. The van der Waals surface area contributed by atoms with E-state index in [1.807, 2.05) is 0 Å². The molecule has 4 nitrogen and oxygen atoms in total. The van der Waals surface area contributed by atoms with Gasteiger partial charge in [0.25, 0.3) is 5.91 Å². The van der Waals surface area contributed by atoms with Crippen LogP contribution in [-0.2, 0) is 11.0 Å². The number of hydrogen-bond donors (Lipinski definition) is 2. The van der Waals surface area contributed by atoms with Gasteiger partial charge in [0.05, 0.1) is 11.1 Å². The first-order chi connectivity index (χ1) is 9.80. The highest BCUT2D eigenvalue weighted by Crippen LogP contribution is 2.32. The van der Waals surface area contributed by atoms with E-state index < -0.39 is 41.0 Å². The molecule has 2 rings (SSSR count). The molecule has 1 aliphatic rings. The van der Waals surface area contributed by atoms with Crippen LogP contribution in [0.1, 0.15) is 28.8 Å². The van der Waals surface area contributed by atoms with Crippen molar-refractivity contribution in [1.29, 1.82) is 0 Å². The first-order valence-corrected chi connectivity index (χ1v) is 6.25. The van der Waals surface area contributed by atoms with E-state index in [1.54, 1.807) is 0 Å². The largest absolute Gasteiger partial charge is 0.419 e. The molecule has 1 aromatic rings. The van der Waals surface area contributed by atoms with Gasteiger partial charge in [-0.25, -0.2) is 4.39 Å². The third-order valence-corrected chi connectivity index (χ3v) is 3.14. The molecular formula is C13H12F4N2O2. The highest BCUT2D eigenvalue weighted by Gasteiger charge is 2.36. The minimum Gasteiger partial charge on any atom is -0.354 e. The van der Waals surface area contributed by atoms with Crippen molar-refractivity contribution in [3.8, 4) is 0 Å². The second-order valence-corrected chi connectivity index (χ2v) is 4.62. The quantitative estimate of drug-likeness (QED) is 0.819. The van der Waals surface area contributed by atoms with Gasteiger partial charge in [-0.15, -0.1) is 0 Å². The molecule has 1 aliphatic heterocycles. The SMILES string of the molecule is O=C(NC1CCCNC1=O)c1cccc(C(F)(F)F)c1F. The van der Waals surface area contributed by atoms with Gasteiger partial charge in [0.15, 0.2) is 0 Å². The van der Waals surface area contributed by atoms with E-state index in [9.17, 15) is 27.2 Å². The van der Waals surface area contributed by atoms with Gasteiger partial charge in [-0.1, -0.05) is 6.07 Å². The average molecular weight is 304 g/mol. The molecule has 21 heavy (non-hydrogen) atoms. The van der Waals surface area contributed by atoms with Crippen LogP contribution in [0.25, 0.3) is 0 Å². The van der Waals surface area contributed by atoms with Crippen molar-refractivity contribution < 1.29 is 27.2 Å². The highest BCUT2D eigenvalue weighted by molar-refractivity contribution is 5.98. The van der Waals surface area contributed by atoms with Gasteiger partial charge in [0, 0.05) is 6.54 Å². The Labute approximate surface area is 117 Å². The van der Waals surface area contributed by atoms with Crippen molar-refractivity contribution in [2.45, 2.75) is 25.1 Å². The Morgan fingerprint density at radius 2 is 2.05 bits per heavy atom. The predicted molar refractivity (Wildman–Crippen MR) is 64.9 cm³/mol. The molecule has 1 heterocycles. The van der Waals surface area contributed by atoms with Gasteiger partial charge in [0.1, 0.15) is 11.9 Å². The number of hydrogen-bond acceptors (Lipinski definition) is 2. The van der Waals surface area contributed by atoms with E-state index in [0.29, 0.717) is 25.5 Å². The number of alkyl halides is 3. The molecule has 0 aromatic heterocycles. The molecule has 0 spiro atoms. The fraction of sp³-hybridized carbons (Fsp3) is 0.385. The summed E-state index contributed by atoms with van der Waals surface area (Å²) in [6, 6.07) is 1.59. The third kappa shape index (κ3) is 3.32. The normalized spacial score (nSPS) is 19.0. The maximum Gasteiger partial charge on any atom is 0.419 e. The average Bonchev–Trinajstić information content (AvgIpc) is 2.40. The van der Waals surface area contributed by atoms with Crippen LogP contribution < -0.4 is 10.6 Å². The van der Waals surface area contributed by atoms with Crippen molar-refractivity contribution in [3.05, 3.63) is 35.1 Å². The van der Waals surface area contributed by atoms with Crippen molar-refractivity contribution in [2.75, 3.05) is 6.54 Å². The maximum absolute atomic E-state index is 13.8. The first kappa shape index (κ1) is 15.3. The van der Waals surface area contributed by atoms with Crippen LogP contribution in [0.15, 0.2) is 18.2 Å². The van der Waals surface area contributed by atoms with E-state index >= 15 is 0 Å². The van der Waals surface area contributed by atoms with E-state index in [2.05, 4.69) is 10.6 Å². The number of benzene rings is 1. The number of carbonyl (C=O) groups excluding carboxylic acids is 2. The molecule has 0 saturated carbocycles. The minimum atomic E-state index is -4.89. The van der Waals surface area contributed by atoms with Crippen molar-refractivity contribution in [2.24, 2.45) is 0 Å². The number of nitrogens with one attached hydrogen (secondary N) is 2. The lowest BCUT2D eigenvalue weighted by molar-refractivity contribution is -0.140. The lowest BCUT2D eigenvalue weighted by Gasteiger charge is -2.23. The zero-order valence-corrected chi connectivity index (χ0v) is 10.8. The minimum absolute atomic E-state index is 0.359. The Kier molecular flexibility index (Phi) is 4.15. The van der Waals surface area contributed by atoms with Gasteiger partial charge in [-0.05, 0) is 25.0 Å². The molecule has 8 heteroatoms. The molecule has 114 valence electrons. The molecule has 1 atom stereocenters. The van der Waals surface area contributed by atoms with Crippen LogP contribution >= 0.6 is 0 Å². The van der Waals surface area contributed by atoms with Crippen LogP contribution in [0, 0.1) is 5.82 Å². The number of piperidine rings is 1. The molecule has 1 saturated heterocycles. The molecule has 1 aromatic carbocycles. The Bertz CT molecular complexity index is 572. The van der Waals surface area contributed by atoms with Gasteiger partial charge in [-0.2, -0.15) is 13.2 Å². The summed E-state index contributed by atoms with van der Waals surface area (Å²) in [6.45, 7) is 0.475. The zero-order valence-electron chi connectivity index (χ0n) is 10.8. The highest BCUT2D eigenvalue weighted by atomic mass is 19.4. The van der Waals surface area contributed by atoms with E-state index in [4.69, 9.17) is 0 Å². The van der Waals surface area contributed by atoms with Gasteiger partial charge >= 0.3 is 6.18 Å². The molecule has 2 N–H and O–H groups in total. The Morgan fingerprint density at radius 1 is 1.33 bits per heavy atom. The zero-order chi connectivity index (χ0) is 15.6. The first-order valence-electron chi connectivity index (χ1n) is 6.25. The predicted octanol–water partition coefficient (Wildman–Crippen LogP) is 1.85. The van der Waals surface area contributed by atoms with E-state index in [-0.39, 0.29) is 0 Å². The lowest BCUT2D eigenvalue weighted by atomic mass is 10.0. The summed E-state index contributed by atoms with van der Waals surface area (Å²) in [4.78, 5) is 23.3. The number of halogens is 4. The fourth-order valence-electron chi connectivity index (χ4n) is 2.07. The fourth-order valence-corrected chi connectivity index (χ4v) is 2.07. The second-order valence-electron chi connectivity index (χ2n) is 4.62. The van der Waals surface area contributed by atoms with Crippen molar-refractivity contribution in [1.82, 2.24) is 10.6 Å². The van der Waals surface area contributed by atoms with E-state index in [1.165, 1.54) is 0 Å². The molecule has 1 unspecified atom stereocenters. The molecule has 0 bridgehead atoms. The molecule has 2 amide bonds.